The minimum atomic E-state index is -3.78. The quantitative estimate of drug-likeness (QED) is 0.718. The van der Waals surface area contributed by atoms with Crippen molar-refractivity contribution in [3.63, 3.8) is 0 Å². The molecule has 7 heteroatoms. The number of aryl methyl sites for hydroxylation is 1. The standard InChI is InChI=1S/C17H16N2O3S2/c1-13-7-9-14(10-8-13)24(20,21)18-17-19(11-12-23-17)15-5-3-4-6-16(15)22-2/h3-12H,1-2H3/b18-17+. The molecule has 0 aliphatic rings. The van der Waals surface area contributed by atoms with Crippen LogP contribution in [0.5, 0.6) is 5.75 Å². The van der Waals surface area contributed by atoms with Crippen molar-refractivity contribution >= 4 is 21.4 Å². The van der Waals surface area contributed by atoms with Gasteiger partial charge in [0.2, 0.25) is 4.80 Å². The Labute approximate surface area is 144 Å². The van der Waals surface area contributed by atoms with Crippen LogP contribution in [0.25, 0.3) is 5.69 Å². The van der Waals surface area contributed by atoms with Gasteiger partial charge in [-0.05, 0) is 31.2 Å². The highest BCUT2D eigenvalue weighted by Crippen LogP contribution is 2.21. The van der Waals surface area contributed by atoms with Crippen molar-refractivity contribution in [3.8, 4) is 11.4 Å². The van der Waals surface area contributed by atoms with Crippen LogP contribution in [0.2, 0.25) is 0 Å². The highest BCUT2D eigenvalue weighted by Gasteiger charge is 2.14. The number of thiazole rings is 1. The van der Waals surface area contributed by atoms with Crippen molar-refractivity contribution < 1.29 is 13.2 Å². The van der Waals surface area contributed by atoms with E-state index in [1.165, 1.54) is 11.3 Å². The van der Waals surface area contributed by atoms with Crippen molar-refractivity contribution in [3.05, 3.63) is 70.5 Å². The molecule has 0 saturated carbocycles. The third-order valence-electron chi connectivity index (χ3n) is 3.45. The van der Waals surface area contributed by atoms with Crippen molar-refractivity contribution in [2.75, 3.05) is 7.11 Å². The smallest absolute Gasteiger partial charge is 0.285 e. The Kier molecular flexibility index (Phi) is 4.55. The Morgan fingerprint density at radius 1 is 1.08 bits per heavy atom. The molecule has 0 aliphatic carbocycles. The summed E-state index contributed by atoms with van der Waals surface area (Å²) >= 11 is 1.25. The van der Waals surface area contributed by atoms with Crippen molar-refractivity contribution in [2.45, 2.75) is 11.8 Å². The third kappa shape index (κ3) is 3.27. The van der Waals surface area contributed by atoms with Crippen molar-refractivity contribution in [1.29, 1.82) is 0 Å². The summed E-state index contributed by atoms with van der Waals surface area (Å²) < 4.78 is 36.1. The van der Waals surface area contributed by atoms with Gasteiger partial charge in [-0.3, -0.25) is 4.57 Å². The zero-order valence-electron chi connectivity index (χ0n) is 13.2. The first-order chi connectivity index (χ1) is 11.5. The number of hydrogen-bond acceptors (Lipinski definition) is 4. The summed E-state index contributed by atoms with van der Waals surface area (Å²) in [6.07, 6.45) is 1.77. The summed E-state index contributed by atoms with van der Waals surface area (Å²) in [5.41, 5.74) is 1.73. The number of benzene rings is 2. The van der Waals surface area contributed by atoms with Gasteiger partial charge in [0.05, 0.1) is 17.7 Å². The summed E-state index contributed by atoms with van der Waals surface area (Å²) in [5.74, 6) is 0.644. The Morgan fingerprint density at radius 2 is 1.79 bits per heavy atom. The maximum Gasteiger partial charge on any atom is 0.285 e. The molecule has 3 rings (SSSR count). The van der Waals surface area contributed by atoms with E-state index in [1.807, 2.05) is 31.2 Å². The van der Waals surface area contributed by atoms with Gasteiger partial charge in [0.25, 0.3) is 10.0 Å². The Bertz CT molecular complexity index is 1020. The third-order valence-corrected chi connectivity index (χ3v) is 5.60. The highest BCUT2D eigenvalue weighted by atomic mass is 32.2. The molecule has 0 bridgehead atoms. The van der Waals surface area contributed by atoms with Gasteiger partial charge in [0.1, 0.15) is 5.75 Å². The SMILES string of the molecule is COc1ccccc1-n1ccs/c1=N/S(=O)(=O)c1ccc(C)cc1. The number of rotatable bonds is 4. The van der Waals surface area contributed by atoms with E-state index in [4.69, 9.17) is 4.74 Å². The topological polar surface area (TPSA) is 60.7 Å². The fourth-order valence-corrected chi connectivity index (χ4v) is 4.14. The second-order valence-corrected chi connectivity index (χ2v) is 7.58. The average molecular weight is 360 g/mol. The summed E-state index contributed by atoms with van der Waals surface area (Å²) in [4.78, 5) is 0.535. The number of para-hydroxylation sites is 2. The molecule has 0 saturated heterocycles. The van der Waals surface area contributed by atoms with Crippen LogP contribution in [-0.4, -0.2) is 20.1 Å². The van der Waals surface area contributed by atoms with Gasteiger partial charge >= 0.3 is 0 Å². The predicted molar refractivity (Wildman–Crippen MR) is 94.1 cm³/mol. The van der Waals surface area contributed by atoms with E-state index >= 15 is 0 Å². The lowest BCUT2D eigenvalue weighted by molar-refractivity contribution is 0.412. The Hall–Kier alpha value is -2.38. The molecule has 0 spiro atoms. The number of hydrogen-bond donors (Lipinski definition) is 0. The second-order valence-electron chi connectivity index (χ2n) is 5.11. The molecule has 1 heterocycles. The molecule has 2 aromatic carbocycles. The van der Waals surface area contributed by atoms with E-state index < -0.39 is 10.0 Å². The Morgan fingerprint density at radius 3 is 2.50 bits per heavy atom. The first-order valence-electron chi connectivity index (χ1n) is 7.18. The molecule has 0 aliphatic heterocycles. The zero-order chi connectivity index (χ0) is 17.2. The van der Waals surface area contributed by atoms with Crippen LogP contribution in [-0.2, 0) is 10.0 Å². The van der Waals surface area contributed by atoms with Gasteiger partial charge in [-0.25, -0.2) is 0 Å². The molecule has 0 radical (unpaired) electrons. The van der Waals surface area contributed by atoms with E-state index in [1.54, 1.807) is 47.5 Å². The van der Waals surface area contributed by atoms with Gasteiger partial charge < -0.3 is 4.74 Å². The van der Waals surface area contributed by atoms with E-state index in [0.717, 1.165) is 11.3 Å². The van der Waals surface area contributed by atoms with Crippen LogP contribution >= 0.6 is 11.3 Å². The van der Waals surface area contributed by atoms with Crippen LogP contribution < -0.4 is 9.54 Å². The maximum absolute atomic E-state index is 12.5. The lowest BCUT2D eigenvalue weighted by Crippen LogP contribution is -2.15. The minimum absolute atomic E-state index is 0.174. The summed E-state index contributed by atoms with van der Waals surface area (Å²) in [6.45, 7) is 1.91. The fourth-order valence-electron chi connectivity index (χ4n) is 2.22. The molecular formula is C17H16N2O3S2. The fraction of sp³-hybridized carbons (Fsp3) is 0.118. The van der Waals surface area contributed by atoms with Gasteiger partial charge in [0.15, 0.2) is 0 Å². The highest BCUT2D eigenvalue weighted by molar-refractivity contribution is 7.90. The lowest BCUT2D eigenvalue weighted by atomic mass is 10.2. The molecule has 3 aromatic rings. The molecule has 124 valence electrons. The van der Waals surface area contributed by atoms with Crippen LogP contribution in [0.3, 0.4) is 0 Å². The average Bonchev–Trinajstić information content (AvgIpc) is 3.02. The van der Waals surface area contributed by atoms with Gasteiger partial charge in [-0.1, -0.05) is 29.8 Å². The molecule has 1 aromatic heterocycles. The van der Waals surface area contributed by atoms with Gasteiger partial charge in [-0.2, -0.15) is 8.42 Å². The first kappa shape index (κ1) is 16.5. The number of aromatic nitrogens is 1. The Balaban J connectivity index is 2.13. The van der Waals surface area contributed by atoms with E-state index in [9.17, 15) is 8.42 Å². The number of sulfonamides is 1. The van der Waals surface area contributed by atoms with E-state index in [0.29, 0.717) is 10.6 Å². The monoisotopic (exact) mass is 360 g/mol. The largest absolute Gasteiger partial charge is 0.495 e. The normalized spacial score (nSPS) is 12.3. The number of methoxy groups -OCH3 is 1. The summed E-state index contributed by atoms with van der Waals surface area (Å²) in [6, 6.07) is 14.0. The van der Waals surface area contributed by atoms with Crippen LogP contribution in [0.15, 0.2) is 69.4 Å². The maximum atomic E-state index is 12.5. The number of ether oxygens (including phenoxy) is 1. The van der Waals surface area contributed by atoms with Crippen molar-refractivity contribution in [2.24, 2.45) is 4.40 Å². The molecule has 0 fully saturated rings. The van der Waals surface area contributed by atoms with Crippen LogP contribution in [0.1, 0.15) is 5.56 Å². The number of nitrogens with zero attached hydrogens (tertiary/aromatic N) is 2. The second kappa shape index (κ2) is 6.62. The first-order valence-corrected chi connectivity index (χ1v) is 9.50. The predicted octanol–water partition coefficient (Wildman–Crippen LogP) is 3.15. The van der Waals surface area contributed by atoms with Crippen LogP contribution in [0, 0.1) is 6.92 Å². The molecule has 0 unspecified atom stereocenters. The van der Waals surface area contributed by atoms with Gasteiger partial charge in [-0.15, -0.1) is 15.7 Å². The van der Waals surface area contributed by atoms with E-state index in [2.05, 4.69) is 4.40 Å². The lowest BCUT2D eigenvalue weighted by Gasteiger charge is -2.08. The zero-order valence-corrected chi connectivity index (χ0v) is 14.8. The van der Waals surface area contributed by atoms with E-state index in [-0.39, 0.29) is 4.90 Å². The molecule has 0 amide bonds. The molecule has 0 N–H and O–H groups in total. The van der Waals surface area contributed by atoms with Crippen molar-refractivity contribution in [1.82, 2.24) is 4.57 Å². The van der Waals surface area contributed by atoms with Gasteiger partial charge in [0, 0.05) is 11.6 Å². The molecule has 24 heavy (non-hydrogen) atoms. The minimum Gasteiger partial charge on any atom is -0.495 e. The molecule has 0 atom stereocenters. The molecular weight excluding hydrogens is 344 g/mol. The molecule has 5 nitrogen and oxygen atoms in total. The van der Waals surface area contributed by atoms with Crippen LogP contribution in [0.4, 0.5) is 0 Å². The summed E-state index contributed by atoms with van der Waals surface area (Å²) in [7, 11) is -2.20. The summed E-state index contributed by atoms with van der Waals surface area (Å²) in [5, 5.41) is 1.79.